The molecular weight excluding hydrogens is 350 g/mol. The van der Waals surface area contributed by atoms with Crippen LogP contribution < -0.4 is 11.1 Å². The second-order valence-electron chi connectivity index (χ2n) is 7.50. The number of nitrogens with one attached hydrogen (secondary N) is 1. The fraction of sp³-hybridized carbons (Fsp3) is 0.600. The van der Waals surface area contributed by atoms with Crippen LogP contribution in [0.5, 0.6) is 0 Å². The normalized spacial score (nSPS) is 25.8. The summed E-state index contributed by atoms with van der Waals surface area (Å²) >= 11 is 0. The fourth-order valence-electron chi connectivity index (χ4n) is 4.26. The Labute approximate surface area is 162 Å². The second-order valence-corrected chi connectivity index (χ2v) is 7.50. The summed E-state index contributed by atoms with van der Waals surface area (Å²) in [5.41, 5.74) is 6.43. The van der Waals surface area contributed by atoms with Gasteiger partial charge in [0.2, 0.25) is 5.91 Å². The molecule has 2 fully saturated rings. The molecule has 1 aliphatic heterocycles. The molecule has 1 aromatic rings. The Morgan fingerprint density at radius 2 is 1.92 bits per heavy atom. The average Bonchev–Trinajstić information content (AvgIpc) is 3.01. The number of carbonyl (C=O) groups is 2. The lowest BCUT2D eigenvalue weighted by molar-refractivity contribution is -0.125. The van der Waals surface area contributed by atoms with Crippen LogP contribution >= 0.6 is 12.4 Å². The molecule has 1 saturated heterocycles. The van der Waals surface area contributed by atoms with Crippen molar-refractivity contribution in [3.05, 3.63) is 35.9 Å². The van der Waals surface area contributed by atoms with Crippen LogP contribution in [0.15, 0.2) is 30.3 Å². The molecule has 1 heterocycles. The standard InChI is InChI=1S/C20H29N3O2.ClH/c1-14(21)11-12-22-19(24)18-13-16-9-5-6-10-17(16)23(18)20(25)15-7-3-2-4-8-15;/h2-4,7-8,14,16-18H,5-6,9-13,21H2,1H3,(H,22,24);1H. The van der Waals surface area contributed by atoms with E-state index < -0.39 is 0 Å². The van der Waals surface area contributed by atoms with Gasteiger partial charge in [-0.3, -0.25) is 9.59 Å². The molecule has 4 unspecified atom stereocenters. The van der Waals surface area contributed by atoms with Crippen LogP contribution in [-0.4, -0.2) is 41.4 Å². The average molecular weight is 380 g/mol. The van der Waals surface area contributed by atoms with E-state index in [9.17, 15) is 9.59 Å². The van der Waals surface area contributed by atoms with Gasteiger partial charge < -0.3 is 16.0 Å². The SMILES string of the molecule is CC(N)CCNC(=O)C1CC2CCCCC2N1C(=O)c1ccccc1.Cl. The molecule has 2 aliphatic rings. The second kappa shape index (κ2) is 9.38. The van der Waals surface area contributed by atoms with Gasteiger partial charge in [0.1, 0.15) is 6.04 Å². The molecule has 144 valence electrons. The van der Waals surface area contributed by atoms with Crippen molar-refractivity contribution in [2.24, 2.45) is 11.7 Å². The van der Waals surface area contributed by atoms with Gasteiger partial charge in [0, 0.05) is 24.2 Å². The number of nitrogens with two attached hydrogens (primary N) is 1. The number of hydrogen-bond acceptors (Lipinski definition) is 3. The monoisotopic (exact) mass is 379 g/mol. The smallest absolute Gasteiger partial charge is 0.254 e. The summed E-state index contributed by atoms with van der Waals surface area (Å²) in [5.74, 6) is 0.410. The maximum absolute atomic E-state index is 13.1. The van der Waals surface area contributed by atoms with E-state index in [1.54, 1.807) is 0 Å². The molecule has 1 saturated carbocycles. The molecule has 1 aromatic carbocycles. The molecule has 5 nitrogen and oxygen atoms in total. The molecule has 0 bridgehead atoms. The zero-order chi connectivity index (χ0) is 17.8. The summed E-state index contributed by atoms with van der Waals surface area (Å²) in [4.78, 5) is 27.8. The molecule has 6 heteroatoms. The number of nitrogens with zero attached hydrogens (tertiary/aromatic N) is 1. The van der Waals surface area contributed by atoms with Gasteiger partial charge in [-0.25, -0.2) is 0 Å². The van der Waals surface area contributed by atoms with Crippen LogP contribution in [0.2, 0.25) is 0 Å². The zero-order valence-corrected chi connectivity index (χ0v) is 16.2. The van der Waals surface area contributed by atoms with Crippen LogP contribution in [0.1, 0.15) is 55.8 Å². The molecule has 26 heavy (non-hydrogen) atoms. The molecule has 3 N–H and O–H groups in total. The van der Waals surface area contributed by atoms with Crippen LogP contribution in [0.3, 0.4) is 0 Å². The largest absolute Gasteiger partial charge is 0.354 e. The molecule has 3 rings (SSSR count). The van der Waals surface area contributed by atoms with Crippen LogP contribution in [0.4, 0.5) is 0 Å². The van der Waals surface area contributed by atoms with Crippen LogP contribution in [0.25, 0.3) is 0 Å². The number of carbonyl (C=O) groups excluding carboxylic acids is 2. The van der Waals surface area contributed by atoms with Crippen molar-refractivity contribution in [2.45, 2.75) is 63.6 Å². The predicted molar refractivity (Wildman–Crippen MR) is 105 cm³/mol. The van der Waals surface area contributed by atoms with Crippen molar-refractivity contribution in [1.29, 1.82) is 0 Å². The Morgan fingerprint density at radius 3 is 2.62 bits per heavy atom. The van der Waals surface area contributed by atoms with Gasteiger partial charge in [0.05, 0.1) is 0 Å². The van der Waals surface area contributed by atoms with Crippen LogP contribution in [-0.2, 0) is 4.79 Å². The fourth-order valence-corrected chi connectivity index (χ4v) is 4.26. The summed E-state index contributed by atoms with van der Waals surface area (Å²) in [6, 6.07) is 9.24. The maximum Gasteiger partial charge on any atom is 0.254 e. The van der Waals surface area contributed by atoms with Gasteiger partial charge >= 0.3 is 0 Å². The summed E-state index contributed by atoms with van der Waals surface area (Å²) in [5, 5.41) is 2.99. The number of rotatable bonds is 5. The van der Waals surface area contributed by atoms with Crippen molar-refractivity contribution >= 4 is 24.2 Å². The Balaban J connectivity index is 0.00000243. The first-order chi connectivity index (χ1) is 12.1. The van der Waals surface area contributed by atoms with E-state index >= 15 is 0 Å². The number of halogens is 1. The third-order valence-electron chi connectivity index (χ3n) is 5.54. The Hall–Kier alpha value is -1.59. The van der Waals surface area contributed by atoms with Gasteiger partial charge in [0.15, 0.2) is 0 Å². The topological polar surface area (TPSA) is 75.4 Å². The van der Waals surface area contributed by atoms with Crippen molar-refractivity contribution in [3.8, 4) is 0 Å². The molecule has 0 spiro atoms. The lowest BCUT2D eigenvalue weighted by Gasteiger charge is -2.33. The van der Waals surface area contributed by atoms with E-state index in [0.29, 0.717) is 18.0 Å². The minimum absolute atomic E-state index is 0. The minimum atomic E-state index is -0.353. The van der Waals surface area contributed by atoms with Gasteiger partial charge in [0.25, 0.3) is 5.91 Å². The van der Waals surface area contributed by atoms with Gasteiger partial charge in [-0.05, 0) is 50.7 Å². The van der Waals surface area contributed by atoms with Crippen molar-refractivity contribution in [3.63, 3.8) is 0 Å². The number of amides is 2. The highest BCUT2D eigenvalue weighted by Crippen LogP contribution is 2.40. The lowest BCUT2D eigenvalue weighted by Crippen LogP contribution is -2.50. The molecular formula is C20H30ClN3O2. The van der Waals surface area contributed by atoms with E-state index in [-0.39, 0.29) is 42.3 Å². The molecule has 2 amide bonds. The Kier molecular flexibility index (Phi) is 7.47. The van der Waals surface area contributed by atoms with E-state index in [4.69, 9.17) is 5.73 Å². The summed E-state index contributed by atoms with van der Waals surface area (Å²) < 4.78 is 0. The van der Waals surface area contributed by atoms with Gasteiger partial charge in [-0.2, -0.15) is 0 Å². The van der Waals surface area contributed by atoms with E-state index in [2.05, 4.69) is 5.32 Å². The molecule has 0 aromatic heterocycles. The quantitative estimate of drug-likeness (QED) is 0.825. The van der Waals surface area contributed by atoms with E-state index in [1.807, 2.05) is 42.2 Å². The molecule has 0 radical (unpaired) electrons. The highest BCUT2D eigenvalue weighted by molar-refractivity contribution is 5.98. The number of fused-ring (bicyclic) bond motifs is 1. The first kappa shape index (κ1) is 20.7. The maximum atomic E-state index is 13.1. The summed E-state index contributed by atoms with van der Waals surface area (Å²) in [6.45, 7) is 2.50. The van der Waals surface area contributed by atoms with Crippen molar-refractivity contribution in [2.75, 3.05) is 6.54 Å². The summed E-state index contributed by atoms with van der Waals surface area (Å²) in [6.07, 6.45) is 6.00. The third kappa shape index (κ3) is 4.57. The molecule has 4 atom stereocenters. The zero-order valence-electron chi connectivity index (χ0n) is 15.4. The van der Waals surface area contributed by atoms with Crippen molar-refractivity contribution < 1.29 is 9.59 Å². The third-order valence-corrected chi connectivity index (χ3v) is 5.54. The van der Waals surface area contributed by atoms with Crippen molar-refractivity contribution in [1.82, 2.24) is 10.2 Å². The Morgan fingerprint density at radius 1 is 1.23 bits per heavy atom. The number of hydrogen-bond donors (Lipinski definition) is 2. The number of likely N-dealkylation sites (tertiary alicyclic amines) is 1. The highest BCUT2D eigenvalue weighted by Gasteiger charge is 2.47. The Bertz CT molecular complexity index is 608. The lowest BCUT2D eigenvalue weighted by atomic mass is 9.84. The van der Waals surface area contributed by atoms with E-state index in [0.717, 1.165) is 32.1 Å². The number of benzene rings is 1. The molecule has 1 aliphatic carbocycles. The summed E-state index contributed by atoms with van der Waals surface area (Å²) in [7, 11) is 0. The highest BCUT2D eigenvalue weighted by atomic mass is 35.5. The first-order valence-corrected chi connectivity index (χ1v) is 9.49. The van der Waals surface area contributed by atoms with Gasteiger partial charge in [-0.15, -0.1) is 12.4 Å². The van der Waals surface area contributed by atoms with Gasteiger partial charge in [-0.1, -0.05) is 31.0 Å². The minimum Gasteiger partial charge on any atom is -0.354 e. The first-order valence-electron chi connectivity index (χ1n) is 9.49. The van der Waals surface area contributed by atoms with E-state index in [1.165, 1.54) is 6.42 Å². The predicted octanol–water partition coefficient (Wildman–Crippen LogP) is 2.74. The van der Waals surface area contributed by atoms with Crippen LogP contribution in [0, 0.1) is 5.92 Å².